The van der Waals surface area contributed by atoms with Crippen molar-refractivity contribution in [1.82, 2.24) is 0 Å². The van der Waals surface area contributed by atoms with Crippen LogP contribution < -0.4 is 10.1 Å². The number of amides is 1. The quantitative estimate of drug-likeness (QED) is 0.424. The Balaban J connectivity index is 1.59. The number of rotatable bonds is 12. The Morgan fingerprint density at radius 3 is 2.36 bits per heavy atom. The van der Waals surface area contributed by atoms with E-state index < -0.39 is 0 Å². The van der Waals surface area contributed by atoms with Crippen LogP contribution in [0.15, 0.2) is 54.6 Å². The number of unbranched alkanes of at least 4 members (excludes halogenated alkanes) is 1. The molecule has 0 unspecified atom stereocenters. The topological polar surface area (TPSA) is 64.6 Å². The van der Waals surface area contributed by atoms with Gasteiger partial charge in [0.2, 0.25) is 5.91 Å². The van der Waals surface area contributed by atoms with Gasteiger partial charge in [-0.15, -0.1) is 0 Å². The second-order valence-electron chi connectivity index (χ2n) is 6.58. The molecular weight excluding hydrogens is 354 g/mol. The SMILES string of the molecule is CCCCOc1ccc(NC(=O)CCC(=O)OCCCc2ccccc2)cc1. The predicted molar refractivity (Wildman–Crippen MR) is 110 cm³/mol. The fourth-order valence-electron chi connectivity index (χ4n) is 2.59. The van der Waals surface area contributed by atoms with Crippen LogP contribution in [-0.4, -0.2) is 25.1 Å². The number of benzene rings is 2. The van der Waals surface area contributed by atoms with Gasteiger partial charge in [0.25, 0.3) is 0 Å². The zero-order valence-electron chi connectivity index (χ0n) is 16.5. The maximum Gasteiger partial charge on any atom is 0.306 e. The highest BCUT2D eigenvalue weighted by Gasteiger charge is 2.08. The van der Waals surface area contributed by atoms with Crippen LogP contribution >= 0.6 is 0 Å². The molecule has 5 nitrogen and oxygen atoms in total. The molecule has 0 fully saturated rings. The summed E-state index contributed by atoms with van der Waals surface area (Å²) >= 11 is 0. The molecule has 2 aromatic carbocycles. The molecule has 1 amide bonds. The molecule has 0 aliphatic rings. The maximum absolute atomic E-state index is 12.0. The molecule has 0 heterocycles. The molecule has 5 heteroatoms. The molecule has 0 spiro atoms. The molecule has 0 saturated carbocycles. The first kappa shape index (κ1) is 21.5. The van der Waals surface area contributed by atoms with Gasteiger partial charge in [0.1, 0.15) is 5.75 Å². The Bertz CT molecular complexity index is 713. The average Bonchev–Trinajstić information content (AvgIpc) is 2.72. The fourth-order valence-corrected chi connectivity index (χ4v) is 2.59. The summed E-state index contributed by atoms with van der Waals surface area (Å²) in [5.41, 5.74) is 1.91. The lowest BCUT2D eigenvalue weighted by molar-refractivity contribution is -0.144. The number of aryl methyl sites for hydroxylation is 1. The average molecular weight is 383 g/mol. The van der Waals surface area contributed by atoms with E-state index in [4.69, 9.17) is 9.47 Å². The van der Waals surface area contributed by atoms with Crippen molar-refractivity contribution in [2.24, 2.45) is 0 Å². The van der Waals surface area contributed by atoms with E-state index in [9.17, 15) is 9.59 Å². The molecule has 28 heavy (non-hydrogen) atoms. The summed E-state index contributed by atoms with van der Waals surface area (Å²) in [5.74, 6) is 0.231. The number of esters is 1. The molecular formula is C23H29NO4. The first-order valence-corrected chi connectivity index (χ1v) is 9.89. The van der Waals surface area contributed by atoms with Crippen LogP contribution in [0.2, 0.25) is 0 Å². The summed E-state index contributed by atoms with van der Waals surface area (Å²) in [6.07, 6.45) is 3.92. The molecule has 0 aliphatic carbocycles. The van der Waals surface area contributed by atoms with E-state index in [1.54, 1.807) is 12.1 Å². The molecule has 0 bridgehead atoms. The van der Waals surface area contributed by atoms with Gasteiger partial charge in [-0.25, -0.2) is 0 Å². The van der Waals surface area contributed by atoms with Gasteiger partial charge >= 0.3 is 5.97 Å². The van der Waals surface area contributed by atoms with Gasteiger partial charge in [0.15, 0.2) is 0 Å². The predicted octanol–water partition coefficient (Wildman–Crippen LogP) is 4.76. The third kappa shape index (κ3) is 8.71. The van der Waals surface area contributed by atoms with E-state index in [0.717, 1.165) is 31.4 Å². The third-order valence-corrected chi connectivity index (χ3v) is 4.18. The van der Waals surface area contributed by atoms with Gasteiger partial charge in [-0.05, 0) is 49.1 Å². The van der Waals surface area contributed by atoms with Crippen molar-refractivity contribution < 1.29 is 19.1 Å². The van der Waals surface area contributed by atoms with Crippen LogP contribution in [0.25, 0.3) is 0 Å². The monoisotopic (exact) mass is 383 g/mol. The van der Waals surface area contributed by atoms with Gasteiger partial charge in [0.05, 0.1) is 19.6 Å². The molecule has 0 aliphatic heterocycles. The number of anilines is 1. The Morgan fingerprint density at radius 2 is 1.64 bits per heavy atom. The van der Waals surface area contributed by atoms with E-state index in [0.29, 0.717) is 18.9 Å². The van der Waals surface area contributed by atoms with Gasteiger partial charge in [0, 0.05) is 12.1 Å². The molecule has 0 radical (unpaired) electrons. The van der Waals surface area contributed by atoms with Crippen molar-refractivity contribution in [2.45, 2.75) is 45.4 Å². The number of hydrogen-bond donors (Lipinski definition) is 1. The maximum atomic E-state index is 12.0. The third-order valence-electron chi connectivity index (χ3n) is 4.18. The minimum Gasteiger partial charge on any atom is -0.494 e. The van der Waals surface area contributed by atoms with Gasteiger partial charge in [-0.3, -0.25) is 9.59 Å². The zero-order chi connectivity index (χ0) is 20.0. The van der Waals surface area contributed by atoms with E-state index >= 15 is 0 Å². The number of carbonyl (C=O) groups excluding carboxylic acids is 2. The number of carbonyl (C=O) groups is 2. The lowest BCUT2D eigenvalue weighted by Gasteiger charge is -2.08. The van der Waals surface area contributed by atoms with Crippen molar-refractivity contribution >= 4 is 17.6 Å². The van der Waals surface area contributed by atoms with Crippen LogP contribution in [0.3, 0.4) is 0 Å². The van der Waals surface area contributed by atoms with Crippen molar-refractivity contribution in [3.05, 3.63) is 60.2 Å². The van der Waals surface area contributed by atoms with E-state index in [1.165, 1.54) is 5.56 Å². The van der Waals surface area contributed by atoms with Gasteiger partial charge in [-0.1, -0.05) is 43.7 Å². The molecule has 150 valence electrons. The Hall–Kier alpha value is -2.82. The van der Waals surface area contributed by atoms with Crippen LogP contribution in [-0.2, 0) is 20.7 Å². The first-order chi connectivity index (χ1) is 13.7. The molecule has 0 aromatic heterocycles. The molecule has 1 N–H and O–H groups in total. The minimum absolute atomic E-state index is 0.0788. The number of ether oxygens (including phenoxy) is 2. The summed E-state index contributed by atoms with van der Waals surface area (Å²) in [4.78, 5) is 23.7. The number of nitrogens with one attached hydrogen (secondary N) is 1. The summed E-state index contributed by atoms with van der Waals surface area (Å²) in [7, 11) is 0. The number of hydrogen-bond acceptors (Lipinski definition) is 4. The highest BCUT2D eigenvalue weighted by Crippen LogP contribution is 2.16. The van der Waals surface area contributed by atoms with Crippen molar-refractivity contribution in [3.63, 3.8) is 0 Å². The normalized spacial score (nSPS) is 10.3. The second-order valence-corrected chi connectivity index (χ2v) is 6.58. The molecule has 0 saturated heterocycles. The Morgan fingerprint density at radius 1 is 0.893 bits per heavy atom. The zero-order valence-corrected chi connectivity index (χ0v) is 16.5. The van der Waals surface area contributed by atoms with Gasteiger partial charge < -0.3 is 14.8 Å². The molecule has 2 aromatic rings. The Kier molecular flexibility index (Phi) is 9.62. The lowest BCUT2D eigenvalue weighted by atomic mass is 10.1. The summed E-state index contributed by atoms with van der Waals surface area (Å²) in [5, 5.41) is 2.78. The standard InChI is InChI=1S/C23H29NO4/c1-2-3-17-27-21-13-11-20(12-14-21)24-22(25)15-16-23(26)28-18-7-10-19-8-5-4-6-9-19/h4-6,8-9,11-14H,2-3,7,10,15-18H2,1H3,(H,24,25). The van der Waals surface area contributed by atoms with E-state index in [-0.39, 0.29) is 24.7 Å². The Labute approximate surface area is 167 Å². The van der Waals surface area contributed by atoms with Crippen LogP contribution in [0.5, 0.6) is 5.75 Å². The summed E-state index contributed by atoms with van der Waals surface area (Å²) < 4.78 is 10.8. The highest BCUT2D eigenvalue weighted by molar-refractivity contribution is 5.92. The van der Waals surface area contributed by atoms with E-state index in [1.807, 2.05) is 30.3 Å². The largest absolute Gasteiger partial charge is 0.494 e. The van der Waals surface area contributed by atoms with Crippen molar-refractivity contribution in [2.75, 3.05) is 18.5 Å². The molecule has 0 atom stereocenters. The van der Waals surface area contributed by atoms with E-state index in [2.05, 4.69) is 24.4 Å². The highest BCUT2D eigenvalue weighted by atomic mass is 16.5. The van der Waals surface area contributed by atoms with Gasteiger partial charge in [-0.2, -0.15) is 0 Å². The van der Waals surface area contributed by atoms with Crippen molar-refractivity contribution in [3.8, 4) is 5.75 Å². The lowest BCUT2D eigenvalue weighted by Crippen LogP contribution is -2.15. The van der Waals surface area contributed by atoms with Crippen LogP contribution in [0, 0.1) is 0 Å². The van der Waals surface area contributed by atoms with Crippen LogP contribution in [0.1, 0.15) is 44.6 Å². The summed E-state index contributed by atoms with van der Waals surface area (Å²) in [6.45, 7) is 3.17. The van der Waals surface area contributed by atoms with Crippen molar-refractivity contribution in [1.29, 1.82) is 0 Å². The summed E-state index contributed by atoms with van der Waals surface area (Å²) in [6, 6.07) is 17.3. The first-order valence-electron chi connectivity index (χ1n) is 9.89. The minimum atomic E-state index is -0.345. The fraction of sp³-hybridized carbons (Fsp3) is 0.391. The smallest absolute Gasteiger partial charge is 0.306 e. The van der Waals surface area contributed by atoms with Crippen LogP contribution in [0.4, 0.5) is 5.69 Å². The molecule has 2 rings (SSSR count). The second kappa shape index (κ2) is 12.5.